The van der Waals surface area contributed by atoms with E-state index in [4.69, 9.17) is 23.2 Å². The standard InChI is InChI=1S/C16H15Cl2NO2S/c17-13-4-5-16(15(18)8-13)22(20,21)10-12-3-1-2-11-9-19-7-6-14(11)12/h1-5,8,19H,6-7,9-10H2. The summed E-state index contributed by atoms with van der Waals surface area (Å²) < 4.78 is 25.4. The van der Waals surface area contributed by atoms with E-state index in [1.807, 2.05) is 18.2 Å². The first-order chi connectivity index (χ1) is 10.5. The average Bonchev–Trinajstić information content (AvgIpc) is 2.47. The molecule has 2 aromatic rings. The zero-order valence-corrected chi connectivity index (χ0v) is 14.1. The summed E-state index contributed by atoms with van der Waals surface area (Å²) in [5, 5.41) is 3.88. The molecule has 22 heavy (non-hydrogen) atoms. The van der Waals surface area contributed by atoms with Crippen molar-refractivity contribution in [3.05, 3.63) is 63.1 Å². The van der Waals surface area contributed by atoms with Gasteiger partial charge in [-0.25, -0.2) is 8.42 Å². The fraction of sp³-hybridized carbons (Fsp3) is 0.250. The summed E-state index contributed by atoms with van der Waals surface area (Å²) in [6.45, 7) is 1.65. The minimum atomic E-state index is -3.51. The minimum Gasteiger partial charge on any atom is -0.312 e. The topological polar surface area (TPSA) is 46.2 Å². The molecular weight excluding hydrogens is 341 g/mol. The Morgan fingerprint density at radius 2 is 1.95 bits per heavy atom. The van der Waals surface area contributed by atoms with Crippen LogP contribution in [-0.2, 0) is 28.6 Å². The number of hydrogen-bond donors (Lipinski definition) is 1. The monoisotopic (exact) mass is 355 g/mol. The van der Waals surface area contributed by atoms with Crippen LogP contribution in [0.5, 0.6) is 0 Å². The third-order valence-electron chi connectivity index (χ3n) is 3.81. The van der Waals surface area contributed by atoms with E-state index in [1.54, 1.807) is 6.07 Å². The van der Waals surface area contributed by atoms with E-state index >= 15 is 0 Å². The van der Waals surface area contributed by atoms with Crippen LogP contribution < -0.4 is 5.32 Å². The molecule has 2 aromatic carbocycles. The lowest BCUT2D eigenvalue weighted by atomic mass is 9.96. The molecule has 3 nitrogen and oxygen atoms in total. The van der Waals surface area contributed by atoms with Crippen molar-refractivity contribution < 1.29 is 8.42 Å². The van der Waals surface area contributed by atoms with Crippen molar-refractivity contribution in [1.82, 2.24) is 5.32 Å². The molecule has 3 rings (SSSR count). The van der Waals surface area contributed by atoms with Crippen molar-refractivity contribution in [2.45, 2.75) is 23.6 Å². The molecule has 0 atom stereocenters. The number of halogens is 2. The van der Waals surface area contributed by atoms with Gasteiger partial charge in [0.15, 0.2) is 9.84 Å². The normalized spacial score (nSPS) is 14.6. The molecule has 1 N–H and O–H groups in total. The third-order valence-corrected chi connectivity index (χ3v) is 6.19. The molecule has 116 valence electrons. The van der Waals surface area contributed by atoms with Gasteiger partial charge in [-0.3, -0.25) is 0 Å². The highest BCUT2D eigenvalue weighted by Crippen LogP contribution is 2.29. The number of fused-ring (bicyclic) bond motifs is 1. The molecule has 1 aliphatic heterocycles. The van der Waals surface area contributed by atoms with Gasteiger partial charge >= 0.3 is 0 Å². The van der Waals surface area contributed by atoms with E-state index in [-0.39, 0.29) is 15.7 Å². The van der Waals surface area contributed by atoms with Crippen LogP contribution in [0.1, 0.15) is 16.7 Å². The van der Waals surface area contributed by atoms with Gasteiger partial charge in [0, 0.05) is 11.6 Å². The maximum Gasteiger partial charge on any atom is 0.183 e. The Morgan fingerprint density at radius 3 is 2.73 bits per heavy atom. The highest BCUT2D eigenvalue weighted by molar-refractivity contribution is 7.90. The van der Waals surface area contributed by atoms with E-state index in [0.717, 1.165) is 30.6 Å². The van der Waals surface area contributed by atoms with E-state index in [1.165, 1.54) is 17.7 Å². The summed E-state index contributed by atoms with van der Waals surface area (Å²) in [5.74, 6) is -0.0441. The van der Waals surface area contributed by atoms with Crippen LogP contribution in [0, 0.1) is 0 Å². The van der Waals surface area contributed by atoms with Gasteiger partial charge in [0.25, 0.3) is 0 Å². The van der Waals surface area contributed by atoms with Crippen molar-refractivity contribution in [2.24, 2.45) is 0 Å². The summed E-state index contributed by atoms with van der Waals surface area (Å²) in [6.07, 6.45) is 0.843. The summed E-state index contributed by atoms with van der Waals surface area (Å²) in [5.41, 5.74) is 3.15. The molecule has 0 aromatic heterocycles. The van der Waals surface area contributed by atoms with Crippen LogP contribution in [0.3, 0.4) is 0 Å². The summed E-state index contributed by atoms with van der Waals surface area (Å²) in [7, 11) is -3.51. The van der Waals surface area contributed by atoms with Crippen molar-refractivity contribution in [2.75, 3.05) is 6.54 Å². The molecule has 6 heteroatoms. The van der Waals surface area contributed by atoms with Gasteiger partial charge in [0.1, 0.15) is 0 Å². The van der Waals surface area contributed by atoms with Crippen LogP contribution in [0.25, 0.3) is 0 Å². The number of hydrogen-bond acceptors (Lipinski definition) is 3. The lowest BCUT2D eigenvalue weighted by molar-refractivity contribution is 0.594. The van der Waals surface area contributed by atoms with Gasteiger partial charge in [-0.15, -0.1) is 0 Å². The highest BCUT2D eigenvalue weighted by Gasteiger charge is 2.22. The largest absolute Gasteiger partial charge is 0.312 e. The molecule has 0 spiro atoms. The Hall–Kier alpha value is -1.07. The van der Waals surface area contributed by atoms with Gasteiger partial charge in [0.2, 0.25) is 0 Å². The minimum absolute atomic E-state index is 0.0441. The number of nitrogens with one attached hydrogen (secondary N) is 1. The Kier molecular flexibility index (Phi) is 4.46. The fourth-order valence-electron chi connectivity index (χ4n) is 2.76. The first-order valence-corrected chi connectivity index (χ1v) is 9.36. The zero-order chi connectivity index (χ0) is 15.7. The molecule has 0 aliphatic carbocycles. The van der Waals surface area contributed by atoms with E-state index < -0.39 is 9.84 Å². The van der Waals surface area contributed by atoms with Gasteiger partial charge in [-0.2, -0.15) is 0 Å². The van der Waals surface area contributed by atoms with Crippen LogP contribution in [-0.4, -0.2) is 15.0 Å². The molecule has 0 radical (unpaired) electrons. The molecule has 0 amide bonds. The second-order valence-corrected chi connectivity index (χ2v) is 8.12. The van der Waals surface area contributed by atoms with E-state index in [9.17, 15) is 8.42 Å². The lowest BCUT2D eigenvalue weighted by Gasteiger charge is -2.20. The predicted molar refractivity (Wildman–Crippen MR) is 89.2 cm³/mol. The lowest BCUT2D eigenvalue weighted by Crippen LogP contribution is -2.25. The second-order valence-electron chi connectivity index (χ2n) is 5.32. The maximum absolute atomic E-state index is 12.7. The third kappa shape index (κ3) is 3.15. The Morgan fingerprint density at radius 1 is 1.14 bits per heavy atom. The van der Waals surface area contributed by atoms with Crippen molar-refractivity contribution in [1.29, 1.82) is 0 Å². The molecule has 1 heterocycles. The molecule has 0 fully saturated rings. The number of sulfone groups is 1. The van der Waals surface area contributed by atoms with Gasteiger partial charge in [0.05, 0.1) is 15.7 Å². The Bertz CT molecular complexity index is 819. The van der Waals surface area contributed by atoms with Crippen LogP contribution in [0.15, 0.2) is 41.3 Å². The zero-order valence-electron chi connectivity index (χ0n) is 11.8. The molecule has 1 aliphatic rings. The second kappa shape index (κ2) is 6.20. The maximum atomic E-state index is 12.7. The highest BCUT2D eigenvalue weighted by atomic mass is 35.5. The summed E-state index contributed by atoms with van der Waals surface area (Å²) in [4.78, 5) is 0.130. The molecular formula is C16H15Cl2NO2S. The number of benzene rings is 2. The van der Waals surface area contributed by atoms with Crippen LogP contribution in [0.2, 0.25) is 10.0 Å². The molecule has 0 unspecified atom stereocenters. The van der Waals surface area contributed by atoms with Crippen molar-refractivity contribution >= 4 is 33.0 Å². The smallest absolute Gasteiger partial charge is 0.183 e. The van der Waals surface area contributed by atoms with Crippen LogP contribution >= 0.6 is 23.2 Å². The van der Waals surface area contributed by atoms with Gasteiger partial charge < -0.3 is 5.32 Å². The first-order valence-electron chi connectivity index (χ1n) is 6.95. The quantitative estimate of drug-likeness (QED) is 0.914. The summed E-state index contributed by atoms with van der Waals surface area (Å²) in [6, 6.07) is 10.3. The average molecular weight is 356 g/mol. The van der Waals surface area contributed by atoms with Crippen molar-refractivity contribution in [3.8, 4) is 0 Å². The molecule has 0 bridgehead atoms. The van der Waals surface area contributed by atoms with Crippen LogP contribution in [0.4, 0.5) is 0 Å². The molecule has 0 saturated carbocycles. The Labute approximate surface area is 140 Å². The molecule has 0 saturated heterocycles. The Balaban J connectivity index is 1.98. The van der Waals surface area contributed by atoms with Gasteiger partial charge in [-0.05, 0) is 47.9 Å². The first kappa shape index (κ1) is 15.8. The van der Waals surface area contributed by atoms with E-state index in [2.05, 4.69) is 5.32 Å². The SMILES string of the molecule is O=S(=O)(Cc1cccc2c1CCNC2)c1ccc(Cl)cc1Cl. The van der Waals surface area contributed by atoms with E-state index in [0.29, 0.717) is 5.02 Å². The van der Waals surface area contributed by atoms with Crippen molar-refractivity contribution in [3.63, 3.8) is 0 Å². The fourth-order valence-corrected chi connectivity index (χ4v) is 4.98. The predicted octanol–water partition coefficient (Wildman–Crippen LogP) is 3.61. The number of rotatable bonds is 3. The van der Waals surface area contributed by atoms with Gasteiger partial charge in [-0.1, -0.05) is 41.4 Å². The summed E-state index contributed by atoms with van der Waals surface area (Å²) >= 11 is 11.9.